The number of hydrogen-bond acceptors (Lipinski definition) is 5. The van der Waals surface area contributed by atoms with Gasteiger partial charge in [-0.2, -0.15) is 0 Å². The summed E-state index contributed by atoms with van der Waals surface area (Å²) in [5.74, 6) is 0.503. The van der Waals surface area contributed by atoms with Gasteiger partial charge in [-0.15, -0.1) is 0 Å². The number of nitrogens with zero attached hydrogens (tertiary/aromatic N) is 1. The minimum atomic E-state index is -0.496. The van der Waals surface area contributed by atoms with Gasteiger partial charge in [0.1, 0.15) is 6.61 Å². The number of ether oxygens (including phenoxy) is 1. The second-order valence-electron chi connectivity index (χ2n) is 6.09. The van der Waals surface area contributed by atoms with Gasteiger partial charge in [-0.1, -0.05) is 42.5 Å². The van der Waals surface area contributed by atoms with Gasteiger partial charge >= 0.3 is 6.09 Å². The zero-order chi connectivity index (χ0) is 19.6. The number of oxazole rings is 1. The molecule has 7 heteroatoms. The van der Waals surface area contributed by atoms with Crippen molar-refractivity contribution in [1.82, 2.24) is 10.3 Å². The van der Waals surface area contributed by atoms with E-state index >= 15 is 0 Å². The highest BCUT2D eigenvalue weighted by Crippen LogP contribution is 2.22. The van der Waals surface area contributed by atoms with Gasteiger partial charge in [0.15, 0.2) is 12.2 Å². The van der Waals surface area contributed by atoms with E-state index in [2.05, 4.69) is 15.6 Å². The van der Waals surface area contributed by atoms with Gasteiger partial charge in [-0.25, -0.2) is 9.78 Å². The Morgan fingerprint density at radius 3 is 2.71 bits per heavy atom. The number of amides is 2. The van der Waals surface area contributed by atoms with Crippen LogP contribution in [-0.4, -0.2) is 23.5 Å². The van der Waals surface area contributed by atoms with Crippen molar-refractivity contribution in [3.05, 3.63) is 72.8 Å². The van der Waals surface area contributed by atoms with Gasteiger partial charge in [0, 0.05) is 24.2 Å². The van der Waals surface area contributed by atoms with Crippen molar-refractivity contribution in [3.8, 4) is 11.3 Å². The van der Waals surface area contributed by atoms with Crippen LogP contribution in [0.25, 0.3) is 11.3 Å². The fourth-order valence-electron chi connectivity index (χ4n) is 2.55. The highest BCUT2D eigenvalue weighted by atomic mass is 16.5. The van der Waals surface area contributed by atoms with Crippen LogP contribution >= 0.6 is 0 Å². The van der Waals surface area contributed by atoms with Crippen LogP contribution in [0.3, 0.4) is 0 Å². The first-order valence-corrected chi connectivity index (χ1v) is 8.94. The van der Waals surface area contributed by atoms with E-state index in [0.717, 1.165) is 11.1 Å². The summed E-state index contributed by atoms with van der Waals surface area (Å²) in [6, 6.07) is 16.8. The normalized spacial score (nSPS) is 10.3. The first-order valence-electron chi connectivity index (χ1n) is 8.94. The van der Waals surface area contributed by atoms with Crippen molar-refractivity contribution in [1.29, 1.82) is 0 Å². The molecule has 2 aromatic carbocycles. The molecule has 0 aliphatic rings. The zero-order valence-electron chi connectivity index (χ0n) is 15.3. The highest BCUT2D eigenvalue weighted by Gasteiger charge is 2.07. The van der Waals surface area contributed by atoms with Gasteiger partial charge < -0.3 is 19.8 Å². The molecular weight excluding hydrogens is 358 g/mol. The lowest BCUT2D eigenvalue weighted by molar-refractivity contribution is -0.116. The van der Waals surface area contributed by atoms with Crippen LogP contribution in [0.5, 0.6) is 0 Å². The summed E-state index contributed by atoms with van der Waals surface area (Å²) >= 11 is 0. The Hall–Kier alpha value is -3.61. The second kappa shape index (κ2) is 9.91. The molecule has 2 N–H and O–H groups in total. The van der Waals surface area contributed by atoms with Crippen LogP contribution in [0, 0.1) is 0 Å². The number of alkyl carbamates (subject to hydrolysis) is 1. The third kappa shape index (κ3) is 5.98. The van der Waals surface area contributed by atoms with E-state index in [-0.39, 0.29) is 18.9 Å². The molecule has 144 valence electrons. The average Bonchev–Trinajstić information content (AvgIpc) is 3.26. The molecule has 0 atom stereocenters. The summed E-state index contributed by atoms with van der Waals surface area (Å²) in [7, 11) is 0. The first kappa shape index (κ1) is 19.2. The third-order valence-electron chi connectivity index (χ3n) is 3.93. The van der Waals surface area contributed by atoms with Gasteiger partial charge in [-0.05, 0) is 24.1 Å². The number of carbonyl (C=O) groups is 2. The number of carbonyl (C=O) groups excluding carboxylic acids is 2. The molecule has 0 radical (unpaired) electrons. The van der Waals surface area contributed by atoms with Crippen molar-refractivity contribution < 1.29 is 18.7 Å². The van der Waals surface area contributed by atoms with Crippen molar-refractivity contribution in [3.63, 3.8) is 0 Å². The lowest BCUT2D eigenvalue weighted by Gasteiger charge is -2.08. The molecular formula is C21H21N3O4. The quantitative estimate of drug-likeness (QED) is 0.577. The number of rotatable bonds is 8. The summed E-state index contributed by atoms with van der Waals surface area (Å²) < 4.78 is 10.4. The van der Waals surface area contributed by atoms with Crippen LogP contribution in [0.1, 0.15) is 18.4 Å². The SMILES string of the molecule is O=C(CCCNC(=O)OCc1ccccc1)Nc1cccc(-c2cnco2)c1. The lowest BCUT2D eigenvalue weighted by atomic mass is 10.1. The predicted molar refractivity (Wildman–Crippen MR) is 104 cm³/mol. The summed E-state index contributed by atoms with van der Waals surface area (Å²) in [4.78, 5) is 27.6. The average molecular weight is 379 g/mol. The molecule has 0 aliphatic heterocycles. The molecule has 7 nitrogen and oxygen atoms in total. The standard InChI is InChI=1S/C21H21N3O4/c25-20(24-18-9-4-8-17(12-18)19-13-22-15-28-19)10-5-11-23-21(26)27-14-16-6-2-1-3-7-16/h1-4,6-9,12-13,15H,5,10-11,14H2,(H,23,26)(H,24,25). The van der Waals surface area contributed by atoms with Gasteiger partial charge in [0.2, 0.25) is 5.91 Å². The van der Waals surface area contributed by atoms with Crippen molar-refractivity contribution in [2.24, 2.45) is 0 Å². The smallest absolute Gasteiger partial charge is 0.407 e. The summed E-state index contributed by atoms with van der Waals surface area (Å²) in [5.41, 5.74) is 2.43. The maximum Gasteiger partial charge on any atom is 0.407 e. The topological polar surface area (TPSA) is 93.5 Å². The monoisotopic (exact) mass is 379 g/mol. The van der Waals surface area contributed by atoms with Crippen molar-refractivity contribution in [2.45, 2.75) is 19.4 Å². The number of benzene rings is 2. The Kier molecular flexibility index (Phi) is 6.78. The van der Waals surface area contributed by atoms with Gasteiger partial charge in [-0.3, -0.25) is 4.79 Å². The molecule has 0 aliphatic carbocycles. The van der Waals surface area contributed by atoms with Crippen LogP contribution in [0.2, 0.25) is 0 Å². The van der Waals surface area contributed by atoms with E-state index in [0.29, 0.717) is 24.4 Å². The minimum Gasteiger partial charge on any atom is -0.445 e. The molecule has 0 bridgehead atoms. The molecule has 0 saturated heterocycles. The van der Waals surface area contributed by atoms with Crippen LogP contribution in [0.4, 0.5) is 10.5 Å². The molecule has 3 rings (SSSR count). The minimum absolute atomic E-state index is 0.130. The van der Waals surface area contributed by atoms with Crippen molar-refractivity contribution >= 4 is 17.7 Å². The first-order chi connectivity index (χ1) is 13.7. The predicted octanol–water partition coefficient (Wildman–Crippen LogP) is 3.99. The van der Waals surface area contributed by atoms with Gasteiger partial charge in [0.05, 0.1) is 6.20 Å². The number of nitrogens with one attached hydrogen (secondary N) is 2. The van der Waals surface area contributed by atoms with E-state index in [1.54, 1.807) is 12.3 Å². The van der Waals surface area contributed by atoms with E-state index < -0.39 is 6.09 Å². The van der Waals surface area contributed by atoms with Gasteiger partial charge in [0.25, 0.3) is 0 Å². The van der Waals surface area contributed by atoms with E-state index in [1.807, 2.05) is 48.5 Å². The third-order valence-corrected chi connectivity index (χ3v) is 3.93. The Labute approximate surface area is 162 Å². The molecule has 1 aromatic heterocycles. The van der Waals surface area contributed by atoms with Crippen LogP contribution in [0.15, 0.2) is 71.6 Å². The van der Waals surface area contributed by atoms with Crippen LogP contribution < -0.4 is 10.6 Å². The molecule has 0 saturated carbocycles. The number of hydrogen-bond donors (Lipinski definition) is 2. The van der Waals surface area contributed by atoms with Crippen LogP contribution in [-0.2, 0) is 16.1 Å². The second-order valence-corrected chi connectivity index (χ2v) is 6.09. The molecule has 0 unspecified atom stereocenters. The largest absolute Gasteiger partial charge is 0.445 e. The number of aromatic nitrogens is 1. The van der Waals surface area contributed by atoms with E-state index in [4.69, 9.17) is 9.15 Å². The molecule has 1 heterocycles. The molecule has 28 heavy (non-hydrogen) atoms. The molecule has 0 spiro atoms. The molecule has 3 aromatic rings. The summed E-state index contributed by atoms with van der Waals surface area (Å²) in [5, 5.41) is 5.47. The van der Waals surface area contributed by atoms with E-state index in [1.165, 1.54) is 6.39 Å². The summed E-state index contributed by atoms with van der Waals surface area (Å²) in [6.45, 7) is 0.577. The maximum absolute atomic E-state index is 12.1. The lowest BCUT2D eigenvalue weighted by Crippen LogP contribution is -2.26. The Morgan fingerprint density at radius 2 is 1.93 bits per heavy atom. The molecule has 0 fully saturated rings. The zero-order valence-corrected chi connectivity index (χ0v) is 15.3. The Bertz CT molecular complexity index is 895. The Balaban J connectivity index is 1.34. The molecule has 2 amide bonds. The maximum atomic E-state index is 12.1. The fraction of sp³-hybridized carbons (Fsp3) is 0.190. The number of anilines is 1. The Morgan fingerprint density at radius 1 is 1.07 bits per heavy atom. The fourth-order valence-corrected chi connectivity index (χ4v) is 2.55. The van der Waals surface area contributed by atoms with E-state index in [9.17, 15) is 9.59 Å². The highest BCUT2D eigenvalue weighted by molar-refractivity contribution is 5.91. The van der Waals surface area contributed by atoms with Crippen molar-refractivity contribution in [2.75, 3.05) is 11.9 Å². The summed E-state index contributed by atoms with van der Waals surface area (Å²) in [6.07, 6.45) is 3.27.